The number of amides is 2. The summed E-state index contributed by atoms with van der Waals surface area (Å²) in [5.74, 6) is 1.73. The Morgan fingerprint density at radius 2 is 2.08 bits per heavy atom. The molecule has 1 heterocycles. The molecular weight excluding hydrogens is 322 g/mol. The monoisotopic (exact) mass is 347 g/mol. The highest BCUT2D eigenvalue weighted by molar-refractivity contribution is 7.99. The van der Waals surface area contributed by atoms with E-state index in [1.165, 1.54) is 10.5 Å². The Bertz CT molecular complexity index is 655. The van der Waals surface area contributed by atoms with Crippen molar-refractivity contribution in [3.05, 3.63) is 42.0 Å². The van der Waals surface area contributed by atoms with E-state index in [0.717, 1.165) is 24.5 Å². The highest BCUT2D eigenvalue weighted by Crippen LogP contribution is 2.19. The van der Waals surface area contributed by atoms with Gasteiger partial charge in [-0.2, -0.15) is 0 Å². The number of rotatable bonds is 7. The number of aromatic nitrogens is 3. The average molecular weight is 347 g/mol. The molecule has 2 aromatic rings. The van der Waals surface area contributed by atoms with Gasteiger partial charge in [0.1, 0.15) is 6.33 Å². The number of urea groups is 1. The SMILES string of the molecule is Cc1ccc(SCCCN(C)C(=O)NC(C)c2nncn2C)cc1. The van der Waals surface area contributed by atoms with Crippen molar-refractivity contribution in [3.63, 3.8) is 0 Å². The molecule has 1 aromatic heterocycles. The molecule has 1 atom stereocenters. The van der Waals surface area contributed by atoms with Crippen LogP contribution in [0.25, 0.3) is 0 Å². The van der Waals surface area contributed by atoms with Gasteiger partial charge in [-0.3, -0.25) is 0 Å². The quantitative estimate of drug-likeness (QED) is 0.618. The first-order valence-electron chi connectivity index (χ1n) is 8.02. The Balaban J connectivity index is 1.70. The van der Waals surface area contributed by atoms with Gasteiger partial charge in [-0.1, -0.05) is 17.7 Å². The van der Waals surface area contributed by atoms with E-state index >= 15 is 0 Å². The standard InChI is InChI=1S/C17H25N5OS/c1-13-6-8-15(9-7-13)24-11-5-10-21(3)17(23)19-14(2)16-20-18-12-22(16)4/h6-9,12,14H,5,10-11H2,1-4H3,(H,19,23). The molecule has 7 heteroatoms. The summed E-state index contributed by atoms with van der Waals surface area (Å²) in [6, 6.07) is 8.25. The van der Waals surface area contributed by atoms with Crippen molar-refractivity contribution >= 4 is 17.8 Å². The van der Waals surface area contributed by atoms with Crippen LogP contribution < -0.4 is 5.32 Å². The van der Waals surface area contributed by atoms with Crippen LogP contribution in [0, 0.1) is 6.92 Å². The van der Waals surface area contributed by atoms with Crippen molar-refractivity contribution in [1.82, 2.24) is 25.0 Å². The van der Waals surface area contributed by atoms with Crippen LogP contribution in [0.15, 0.2) is 35.5 Å². The van der Waals surface area contributed by atoms with Crippen LogP contribution in [0.3, 0.4) is 0 Å². The minimum Gasteiger partial charge on any atom is -0.328 e. The van der Waals surface area contributed by atoms with E-state index in [0.29, 0.717) is 0 Å². The fraction of sp³-hybridized carbons (Fsp3) is 0.471. The van der Waals surface area contributed by atoms with Gasteiger partial charge >= 0.3 is 6.03 Å². The Labute approximate surface area is 147 Å². The van der Waals surface area contributed by atoms with Crippen molar-refractivity contribution < 1.29 is 4.79 Å². The number of benzene rings is 1. The molecule has 0 fully saturated rings. The molecule has 0 saturated heterocycles. The minimum atomic E-state index is -0.172. The minimum absolute atomic E-state index is 0.0918. The van der Waals surface area contributed by atoms with Gasteiger partial charge in [-0.15, -0.1) is 22.0 Å². The molecule has 0 aliphatic rings. The number of hydrogen-bond donors (Lipinski definition) is 1. The summed E-state index contributed by atoms with van der Waals surface area (Å²) in [5.41, 5.74) is 1.27. The number of hydrogen-bond acceptors (Lipinski definition) is 4. The van der Waals surface area contributed by atoms with Gasteiger partial charge in [0.05, 0.1) is 6.04 Å². The summed E-state index contributed by atoms with van der Waals surface area (Å²) in [5, 5.41) is 10.8. The maximum Gasteiger partial charge on any atom is 0.317 e. The number of nitrogens with zero attached hydrogens (tertiary/aromatic N) is 4. The largest absolute Gasteiger partial charge is 0.328 e. The second-order valence-electron chi connectivity index (χ2n) is 5.91. The predicted octanol–water partition coefficient (Wildman–Crippen LogP) is 3.01. The summed E-state index contributed by atoms with van der Waals surface area (Å²) in [7, 11) is 3.68. The van der Waals surface area contributed by atoms with E-state index in [9.17, 15) is 4.79 Å². The molecule has 0 aliphatic heterocycles. The van der Waals surface area contributed by atoms with Crippen LogP contribution in [0.1, 0.15) is 30.8 Å². The Morgan fingerprint density at radius 3 is 2.71 bits per heavy atom. The third kappa shape index (κ3) is 5.26. The summed E-state index contributed by atoms with van der Waals surface area (Å²) < 4.78 is 1.81. The van der Waals surface area contributed by atoms with Crippen molar-refractivity contribution in [2.75, 3.05) is 19.3 Å². The molecule has 2 rings (SSSR count). The summed E-state index contributed by atoms with van der Waals surface area (Å²) in [6.45, 7) is 4.71. The lowest BCUT2D eigenvalue weighted by molar-refractivity contribution is 0.205. The molecule has 1 unspecified atom stereocenters. The van der Waals surface area contributed by atoms with Crippen LogP contribution in [-0.4, -0.2) is 45.0 Å². The van der Waals surface area contributed by atoms with Crippen molar-refractivity contribution in [1.29, 1.82) is 0 Å². The Morgan fingerprint density at radius 1 is 1.38 bits per heavy atom. The zero-order valence-corrected chi connectivity index (χ0v) is 15.5. The summed E-state index contributed by atoms with van der Waals surface area (Å²) >= 11 is 1.82. The zero-order valence-electron chi connectivity index (χ0n) is 14.7. The smallest absolute Gasteiger partial charge is 0.317 e. The molecule has 0 bridgehead atoms. The Hall–Kier alpha value is -2.02. The molecule has 0 saturated carbocycles. The van der Waals surface area contributed by atoms with Crippen LogP contribution >= 0.6 is 11.8 Å². The topological polar surface area (TPSA) is 63.1 Å². The normalized spacial score (nSPS) is 12.0. The molecule has 0 spiro atoms. The lowest BCUT2D eigenvalue weighted by Crippen LogP contribution is -2.39. The molecule has 6 nitrogen and oxygen atoms in total. The van der Waals surface area contributed by atoms with Gasteiger partial charge in [0.15, 0.2) is 5.82 Å². The maximum absolute atomic E-state index is 12.2. The fourth-order valence-corrected chi connectivity index (χ4v) is 3.11. The molecule has 1 N–H and O–H groups in total. The van der Waals surface area contributed by atoms with Crippen LogP contribution in [0.5, 0.6) is 0 Å². The van der Waals surface area contributed by atoms with Gasteiger partial charge in [-0.05, 0) is 38.2 Å². The van der Waals surface area contributed by atoms with Crippen molar-refractivity contribution in [3.8, 4) is 0 Å². The van der Waals surface area contributed by atoms with Gasteiger partial charge < -0.3 is 14.8 Å². The van der Waals surface area contributed by atoms with Gasteiger partial charge in [0, 0.05) is 25.5 Å². The predicted molar refractivity (Wildman–Crippen MR) is 97.1 cm³/mol. The molecule has 24 heavy (non-hydrogen) atoms. The van der Waals surface area contributed by atoms with Crippen LogP contribution in [0.2, 0.25) is 0 Å². The third-order valence-corrected chi connectivity index (χ3v) is 4.85. The first-order valence-corrected chi connectivity index (χ1v) is 9.01. The van der Waals surface area contributed by atoms with Crippen molar-refractivity contribution in [2.24, 2.45) is 7.05 Å². The van der Waals surface area contributed by atoms with E-state index in [2.05, 4.69) is 46.7 Å². The number of nitrogens with one attached hydrogen (secondary N) is 1. The zero-order chi connectivity index (χ0) is 17.5. The molecule has 0 aliphatic carbocycles. The van der Waals surface area contributed by atoms with E-state index in [4.69, 9.17) is 0 Å². The summed E-state index contributed by atoms with van der Waals surface area (Å²) in [6.07, 6.45) is 2.57. The third-order valence-electron chi connectivity index (χ3n) is 3.75. The number of aryl methyl sites for hydroxylation is 2. The highest BCUT2D eigenvalue weighted by Gasteiger charge is 2.16. The highest BCUT2D eigenvalue weighted by atomic mass is 32.2. The first-order chi connectivity index (χ1) is 11.5. The second kappa shape index (κ2) is 8.73. The number of thioether (sulfide) groups is 1. The lowest BCUT2D eigenvalue weighted by atomic mass is 10.2. The van der Waals surface area contributed by atoms with Crippen molar-refractivity contribution in [2.45, 2.75) is 31.2 Å². The second-order valence-corrected chi connectivity index (χ2v) is 7.08. The summed E-state index contributed by atoms with van der Waals surface area (Å²) in [4.78, 5) is 15.2. The van der Waals surface area contributed by atoms with E-state index < -0.39 is 0 Å². The molecule has 1 aromatic carbocycles. The first kappa shape index (κ1) is 18.3. The van der Waals surface area contributed by atoms with Gasteiger partial charge in [-0.25, -0.2) is 4.79 Å². The van der Waals surface area contributed by atoms with E-state index in [-0.39, 0.29) is 12.1 Å². The number of carbonyl (C=O) groups excluding carboxylic acids is 1. The van der Waals surface area contributed by atoms with E-state index in [1.807, 2.05) is 37.3 Å². The van der Waals surface area contributed by atoms with Crippen LogP contribution in [-0.2, 0) is 7.05 Å². The molecule has 2 amide bonds. The lowest BCUT2D eigenvalue weighted by Gasteiger charge is -2.20. The fourth-order valence-electron chi connectivity index (χ4n) is 2.27. The maximum atomic E-state index is 12.2. The van der Waals surface area contributed by atoms with Gasteiger partial charge in [0.2, 0.25) is 0 Å². The average Bonchev–Trinajstić information content (AvgIpc) is 2.99. The molecule has 130 valence electrons. The molecule has 0 radical (unpaired) electrons. The van der Waals surface area contributed by atoms with Gasteiger partial charge in [0.25, 0.3) is 0 Å². The van der Waals surface area contributed by atoms with Crippen LogP contribution in [0.4, 0.5) is 4.79 Å². The molecular formula is C17H25N5OS. The van der Waals surface area contributed by atoms with E-state index in [1.54, 1.807) is 11.2 Å². The number of carbonyl (C=O) groups is 1. The Kier molecular flexibility index (Phi) is 6.66.